The Balaban J connectivity index is 2.02. The van der Waals surface area contributed by atoms with Crippen molar-refractivity contribution >= 4 is 40.8 Å². The number of thioether (sulfide) groups is 1. The van der Waals surface area contributed by atoms with E-state index in [0.29, 0.717) is 5.03 Å². The van der Waals surface area contributed by atoms with Gasteiger partial charge in [0, 0.05) is 10.3 Å². The molecule has 1 aliphatic carbocycles. The fraction of sp³-hybridized carbons (Fsp3) is 0.167. The summed E-state index contributed by atoms with van der Waals surface area (Å²) in [7, 11) is 0. The smallest absolute Gasteiger partial charge is 0.277 e. The summed E-state index contributed by atoms with van der Waals surface area (Å²) in [4.78, 5) is 17.7. The van der Waals surface area contributed by atoms with E-state index >= 15 is 0 Å². The average Bonchev–Trinajstić information content (AvgIpc) is 2.38. The van der Waals surface area contributed by atoms with Crippen LogP contribution in [0.2, 0.25) is 0 Å². The fourth-order valence-electron chi connectivity index (χ4n) is 1.60. The van der Waals surface area contributed by atoms with E-state index in [4.69, 9.17) is 23.1 Å². The number of nitrogens with two attached hydrogens (primary N) is 2. The summed E-state index contributed by atoms with van der Waals surface area (Å²) in [5.74, 6) is 0.203. The van der Waals surface area contributed by atoms with Crippen molar-refractivity contribution in [3.05, 3.63) is 45.2 Å². The van der Waals surface area contributed by atoms with Crippen LogP contribution in [0, 0.1) is 0 Å². The van der Waals surface area contributed by atoms with Gasteiger partial charge >= 0.3 is 0 Å². The Morgan fingerprint density at radius 3 is 3.00 bits per heavy atom. The van der Waals surface area contributed by atoms with Crippen LogP contribution < -0.4 is 22.3 Å². The van der Waals surface area contributed by atoms with Crippen LogP contribution in [0.15, 0.2) is 39.7 Å². The Hall–Kier alpha value is -1.86. The normalized spacial score (nSPS) is 17.6. The molecule has 0 radical (unpaired) electrons. The molecule has 0 bridgehead atoms. The van der Waals surface area contributed by atoms with Crippen LogP contribution in [0.1, 0.15) is 6.42 Å². The van der Waals surface area contributed by atoms with E-state index in [2.05, 4.69) is 21.9 Å². The number of aromatic nitrogens is 2. The Morgan fingerprint density at radius 2 is 2.35 bits per heavy atom. The number of nitrogens with one attached hydrogen (secondary N) is 2. The first-order chi connectivity index (χ1) is 9.45. The Labute approximate surface area is 125 Å². The minimum atomic E-state index is -0.481. The lowest BCUT2D eigenvalue weighted by molar-refractivity contribution is 1.05. The van der Waals surface area contributed by atoms with Gasteiger partial charge < -0.3 is 16.8 Å². The van der Waals surface area contributed by atoms with Crippen molar-refractivity contribution in [2.45, 2.75) is 11.7 Å². The number of aromatic amines is 1. The molecule has 1 heterocycles. The van der Waals surface area contributed by atoms with E-state index < -0.39 is 5.56 Å². The molecule has 1 aromatic rings. The number of nitrogens with zero attached hydrogens (tertiary/aromatic N) is 1. The first-order valence-corrected chi connectivity index (χ1v) is 7.03. The number of halogens is 1. The molecule has 0 aromatic carbocycles. The summed E-state index contributed by atoms with van der Waals surface area (Å²) in [5, 5.41) is 4.47. The summed E-state index contributed by atoms with van der Waals surface area (Å²) in [6.07, 6.45) is 6.57. The number of allylic oxidation sites excluding steroid dienone is 3. The minimum Gasteiger partial charge on any atom is -0.391 e. The number of hydrogen-bond donors (Lipinski definition) is 4. The molecule has 6 nitrogen and oxygen atoms in total. The Morgan fingerprint density at radius 1 is 1.60 bits per heavy atom. The maximum absolute atomic E-state index is 11.5. The third-order valence-electron chi connectivity index (χ3n) is 2.54. The highest BCUT2D eigenvalue weighted by Gasteiger charge is 2.13. The first kappa shape index (κ1) is 14.5. The molecule has 0 amide bonds. The third kappa shape index (κ3) is 3.58. The lowest BCUT2D eigenvalue weighted by Gasteiger charge is -2.16. The van der Waals surface area contributed by atoms with Crippen LogP contribution in [-0.4, -0.2) is 15.2 Å². The average molecular weight is 312 g/mol. The van der Waals surface area contributed by atoms with Gasteiger partial charge in [-0.3, -0.25) is 9.78 Å². The zero-order valence-corrected chi connectivity index (χ0v) is 12.1. The zero-order chi connectivity index (χ0) is 14.7. The number of anilines is 3. The molecule has 0 fully saturated rings. The van der Waals surface area contributed by atoms with Crippen LogP contribution in [0.25, 0.3) is 0 Å². The second-order valence-electron chi connectivity index (χ2n) is 4.10. The van der Waals surface area contributed by atoms with E-state index in [9.17, 15) is 4.79 Å². The van der Waals surface area contributed by atoms with E-state index in [1.54, 1.807) is 0 Å². The maximum atomic E-state index is 11.5. The molecular formula is C12H14ClN5OS. The maximum Gasteiger partial charge on any atom is 0.277 e. The molecule has 0 aliphatic heterocycles. The highest BCUT2D eigenvalue weighted by Crippen LogP contribution is 2.29. The highest BCUT2D eigenvalue weighted by atomic mass is 35.5. The predicted molar refractivity (Wildman–Crippen MR) is 85.5 cm³/mol. The van der Waals surface area contributed by atoms with Crippen molar-refractivity contribution in [3.63, 3.8) is 0 Å². The van der Waals surface area contributed by atoms with E-state index in [-0.39, 0.29) is 22.7 Å². The van der Waals surface area contributed by atoms with Gasteiger partial charge in [-0.05, 0) is 12.5 Å². The molecule has 6 N–H and O–H groups in total. The molecule has 8 heteroatoms. The summed E-state index contributed by atoms with van der Waals surface area (Å²) in [6.45, 7) is 3.88. The summed E-state index contributed by atoms with van der Waals surface area (Å²) in [5.41, 5.74) is 10.6. The van der Waals surface area contributed by atoms with Crippen LogP contribution in [-0.2, 0) is 0 Å². The van der Waals surface area contributed by atoms with Gasteiger partial charge in [-0.1, -0.05) is 30.3 Å². The van der Waals surface area contributed by atoms with E-state index in [1.807, 2.05) is 18.2 Å². The molecule has 1 aromatic heterocycles. The molecule has 1 atom stereocenters. The van der Waals surface area contributed by atoms with Gasteiger partial charge in [0.1, 0.15) is 5.69 Å². The molecule has 1 unspecified atom stereocenters. The highest BCUT2D eigenvalue weighted by molar-refractivity contribution is 8.03. The molecule has 20 heavy (non-hydrogen) atoms. The molecule has 0 saturated carbocycles. The van der Waals surface area contributed by atoms with Crippen molar-refractivity contribution in [2.24, 2.45) is 0 Å². The topological polar surface area (TPSA) is 110 Å². The van der Waals surface area contributed by atoms with Crippen molar-refractivity contribution in [1.82, 2.24) is 9.97 Å². The van der Waals surface area contributed by atoms with Crippen LogP contribution >= 0.6 is 23.4 Å². The van der Waals surface area contributed by atoms with E-state index in [1.165, 1.54) is 11.8 Å². The van der Waals surface area contributed by atoms with Gasteiger partial charge in [0.05, 0.1) is 5.03 Å². The minimum absolute atomic E-state index is 0.00298. The van der Waals surface area contributed by atoms with E-state index in [0.717, 1.165) is 11.5 Å². The van der Waals surface area contributed by atoms with Crippen molar-refractivity contribution in [2.75, 3.05) is 16.8 Å². The number of H-pyrrole nitrogens is 1. The second-order valence-corrected chi connectivity index (χ2v) is 5.87. The quantitative estimate of drug-likeness (QED) is 0.677. The largest absolute Gasteiger partial charge is 0.391 e. The van der Waals surface area contributed by atoms with Crippen molar-refractivity contribution in [1.29, 1.82) is 0 Å². The molecular weight excluding hydrogens is 298 g/mol. The predicted octanol–water partition coefficient (Wildman–Crippen LogP) is 2.00. The number of nitrogen functional groups attached to an aromatic ring is 2. The molecule has 1 aliphatic rings. The SMILES string of the molecule is C=C(Nc1nc(N)[nH]c(=O)c1N)SC1C=CC(Cl)=CC1. The van der Waals surface area contributed by atoms with Crippen LogP contribution in [0.5, 0.6) is 0 Å². The Bertz CT molecular complexity index is 652. The second kappa shape index (κ2) is 6.06. The molecule has 0 spiro atoms. The number of hydrogen-bond acceptors (Lipinski definition) is 6. The monoisotopic (exact) mass is 311 g/mol. The molecule has 0 saturated heterocycles. The first-order valence-electron chi connectivity index (χ1n) is 5.77. The zero-order valence-electron chi connectivity index (χ0n) is 10.5. The van der Waals surface area contributed by atoms with Crippen molar-refractivity contribution in [3.8, 4) is 0 Å². The molecule has 2 rings (SSSR count). The number of rotatable bonds is 4. The standard InChI is InChI=1S/C12H14ClN5OS/c1-6(20-8-4-2-7(13)3-5-8)16-10-9(14)11(19)18-12(15)17-10/h2-4,8H,1,5,14H2,(H4,15,16,17,18,19). The Kier molecular flexibility index (Phi) is 4.41. The van der Waals surface area contributed by atoms with Gasteiger partial charge in [-0.2, -0.15) is 4.98 Å². The molecule has 106 valence electrons. The fourth-order valence-corrected chi connectivity index (χ4v) is 2.63. The van der Waals surface area contributed by atoms with Crippen LogP contribution in [0.3, 0.4) is 0 Å². The van der Waals surface area contributed by atoms with Crippen LogP contribution in [0.4, 0.5) is 17.5 Å². The summed E-state index contributed by atoms with van der Waals surface area (Å²) >= 11 is 7.35. The van der Waals surface area contributed by atoms with Gasteiger partial charge in [0.2, 0.25) is 5.95 Å². The summed E-state index contributed by atoms with van der Waals surface area (Å²) in [6, 6.07) is 0. The van der Waals surface area contributed by atoms with Crippen molar-refractivity contribution < 1.29 is 0 Å². The van der Waals surface area contributed by atoms with Gasteiger partial charge in [0.15, 0.2) is 5.82 Å². The van der Waals surface area contributed by atoms with Gasteiger partial charge in [-0.25, -0.2) is 0 Å². The van der Waals surface area contributed by atoms with Gasteiger partial charge in [0.25, 0.3) is 5.56 Å². The van der Waals surface area contributed by atoms with Gasteiger partial charge in [-0.15, -0.1) is 11.8 Å². The lowest BCUT2D eigenvalue weighted by Crippen LogP contribution is -2.18. The summed E-state index contributed by atoms with van der Waals surface area (Å²) < 4.78 is 0. The third-order valence-corrected chi connectivity index (χ3v) is 3.86. The lowest BCUT2D eigenvalue weighted by atomic mass is 10.2.